The van der Waals surface area contributed by atoms with Gasteiger partial charge in [0.2, 0.25) is 0 Å². The van der Waals surface area contributed by atoms with Gasteiger partial charge in [-0.3, -0.25) is 0 Å². The van der Waals surface area contributed by atoms with Gasteiger partial charge in [0, 0.05) is 11.6 Å². The Morgan fingerprint density at radius 2 is 1.42 bits per heavy atom. The van der Waals surface area contributed by atoms with Gasteiger partial charge in [-0.25, -0.2) is 0 Å². The van der Waals surface area contributed by atoms with E-state index in [1.54, 1.807) is 19.3 Å². The zero-order chi connectivity index (χ0) is 13.1. The molecule has 5 saturated carbocycles. The van der Waals surface area contributed by atoms with E-state index in [-0.39, 0.29) is 0 Å². The number of hydrogen-bond acceptors (Lipinski definition) is 1. The van der Waals surface area contributed by atoms with Crippen molar-refractivity contribution in [1.29, 1.82) is 0 Å². The summed E-state index contributed by atoms with van der Waals surface area (Å²) in [7, 11) is 0. The molecule has 0 aromatic rings. The summed E-state index contributed by atoms with van der Waals surface area (Å²) in [5, 5.41) is 4.22. The molecular formula is C18H31N. The Hall–Kier alpha value is -0.0400. The summed E-state index contributed by atoms with van der Waals surface area (Å²) >= 11 is 0. The summed E-state index contributed by atoms with van der Waals surface area (Å²) in [6.07, 6.45) is 15.0. The molecule has 1 heteroatoms. The first kappa shape index (κ1) is 12.7. The molecule has 0 spiro atoms. The third-order valence-corrected chi connectivity index (χ3v) is 6.75. The second-order valence-corrected chi connectivity index (χ2v) is 9.30. The normalized spacial score (nSPS) is 51.5. The lowest BCUT2D eigenvalue weighted by Gasteiger charge is -2.58. The van der Waals surface area contributed by atoms with Gasteiger partial charge in [0.15, 0.2) is 0 Å². The molecule has 108 valence electrons. The Kier molecular flexibility index (Phi) is 2.82. The second kappa shape index (κ2) is 4.23. The molecule has 0 amide bonds. The third kappa shape index (κ3) is 2.37. The van der Waals surface area contributed by atoms with Crippen LogP contribution in [-0.4, -0.2) is 11.6 Å². The zero-order valence-corrected chi connectivity index (χ0v) is 12.9. The average Bonchev–Trinajstić information content (AvgIpc) is 2.24. The highest BCUT2D eigenvalue weighted by Crippen LogP contribution is 2.56. The number of hydrogen-bond donors (Lipinski definition) is 1. The summed E-state index contributed by atoms with van der Waals surface area (Å²) in [6, 6.07) is 0.819. The van der Waals surface area contributed by atoms with E-state index in [0.29, 0.717) is 11.0 Å². The molecule has 1 atom stereocenters. The van der Waals surface area contributed by atoms with Crippen molar-refractivity contribution in [3.05, 3.63) is 0 Å². The van der Waals surface area contributed by atoms with Gasteiger partial charge in [-0.2, -0.15) is 0 Å². The Morgan fingerprint density at radius 1 is 0.842 bits per heavy atom. The highest BCUT2D eigenvalue weighted by molar-refractivity contribution is 5.07. The molecule has 19 heavy (non-hydrogen) atoms. The Labute approximate surface area is 118 Å². The molecule has 0 aromatic heterocycles. The average molecular weight is 261 g/mol. The van der Waals surface area contributed by atoms with Crippen molar-refractivity contribution in [2.45, 2.75) is 89.6 Å². The molecule has 5 rings (SSSR count). The van der Waals surface area contributed by atoms with Crippen molar-refractivity contribution in [3.8, 4) is 0 Å². The van der Waals surface area contributed by atoms with Crippen LogP contribution in [0.1, 0.15) is 78.1 Å². The van der Waals surface area contributed by atoms with Crippen molar-refractivity contribution in [2.24, 2.45) is 23.2 Å². The molecule has 0 aromatic carbocycles. The summed E-state index contributed by atoms with van der Waals surface area (Å²) < 4.78 is 0. The van der Waals surface area contributed by atoms with E-state index in [9.17, 15) is 0 Å². The maximum Gasteiger partial charge on any atom is 0.0192 e. The standard InChI is InChI=1S/C18H31N/c1-17(2)5-3-4-16(12-17)19-18-9-13-6-14(10-18)8-15(7-13)11-18/h13-16,19H,3-12H2,1-2H3/t13?,14?,15?,16-,18?/m1/s1. The summed E-state index contributed by atoms with van der Waals surface area (Å²) in [4.78, 5) is 0. The van der Waals surface area contributed by atoms with Gasteiger partial charge in [0.25, 0.3) is 0 Å². The van der Waals surface area contributed by atoms with Gasteiger partial charge in [-0.05, 0) is 81.0 Å². The summed E-state index contributed by atoms with van der Waals surface area (Å²) in [5.74, 6) is 3.24. The largest absolute Gasteiger partial charge is 0.308 e. The van der Waals surface area contributed by atoms with Crippen LogP contribution in [0.2, 0.25) is 0 Å². The van der Waals surface area contributed by atoms with Crippen LogP contribution in [0.4, 0.5) is 0 Å². The molecule has 0 aliphatic heterocycles. The quantitative estimate of drug-likeness (QED) is 0.771. The predicted octanol–water partition coefficient (Wildman–Crippen LogP) is 4.51. The van der Waals surface area contributed by atoms with Gasteiger partial charge < -0.3 is 5.32 Å². The van der Waals surface area contributed by atoms with E-state index in [1.165, 1.54) is 44.9 Å². The first-order chi connectivity index (χ1) is 9.02. The summed E-state index contributed by atoms with van der Waals surface area (Å²) in [5.41, 5.74) is 1.16. The Morgan fingerprint density at radius 3 is 1.95 bits per heavy atom. The van der Waals surface area contributed by atoms with Crippen LogP contribution in [0.15, 0.2) is 0 Å². The van der Waals surface area contributed by atoms with E-state index < -0.39 is 0 Å². The fourth-order valence-corrected chi connectivity index (χ4v) is 6.54. The molecule has 5 fully saturated rings. The smallest absolute Gasteiger partial charge is 0.0192 e. The first-order valence-corrected chi connectivity index (χ1v) is 8.80. The van der Waals surface area contributed by atoms with E-state index in [1.807, 2.05) is 0 Å². The maximum atomic E-state index is 4.22. The first-order valence-electron chi connectivity index (χ1n) is 8.80. The molecule has 5 aliphatic rings. The predicted molar refractivity (Wildman–Crippen MR) is 80.1 cm³/mol. The van der Waals surface area contributed by atoms with Crippen molar-refractivity contribution in [1.82, 2.24) is 5.32 Å². The van der Waals surface area contributed by atoms with Crippen molar-refractivity contribution >= 4 is 0 Å². The Balaban J connectivity index is 1.47. The third-order valence-electron chi connectivity index (χ3n) is 6.75. The minimum atomic E-state index is 0.576. The van der Waals surface area contributed by atoms with Gasteiger partial charge in [-0.1, -0.05) is 20.3 Å². The van der Waals surface area contributed by atoms with E-state index in [4.69, 9.17) is 0 Å². The van der Waals surface area contributed by atoms with Crippen LogP contribution in [0.5, 0.6) is 0 Å². The maximum absolute atomic E-state index is 4.22. The van der Waals surface area contributed by atoms with E-state index in [0.717, 1.165) is 23.8 Å². The number of nitrogens with one attached hydrogen (secondary N) is 1. The van der Waals surface area contributed by atoms with Crippen LogP contribution < -0.4 is 5.32 Å². The molecule has 1 nitrogen and oxygen atoms in total. The monoisotopic (exact) mass is 261 g/mol. The van der Waals surface area contributed by atoms with Gasteiger partial charge in [-0.15, -0.1) is 0 Å². The van der Waals surface area contributed by atoms with Gasteiger partial charge >= 0.3 is 0 Å². The zero-order valence-electron chi connectivity index (χ0n) is 12.9. The highest BCUT2D eigenvalue weighted by Gasteiger charge is 2.51. The van der Waals surface area contributed by atoms with Crippen LogP contribution >= 0.6 is 0 Å². The Bertz CT molecular complexity index is 321. The lowest BCUT2D eigenvalue weighted by molar-refractivity contribution is -0.0306. The highest BCUT2D eigenvalue weighted by atomic mass is 15.0. The lowest BCUT2D eigenvalue weighted by atomic mass is 9.52. The fraction of sp³-hybridized carbons (Fsp3) is 1.00. The minimum absolute atomic E-state index is 0.576. The molecular weight excluding hydrogens is 230 g/mol. The van der Waals surface area contributed by atoms with Crippen molar-refractivity contribution in [2.75, 3.05) is 0 Å². The van der Waals surface area contributed by atoms with Crippen LogP contribution in [0, 0.1) is 23.2 Å². The van der Waals surface area contributed by atoms with Crippen molar-refractivity contribution < 1.29 is 0 Å². The fourth-order valence-electron chi connectivity index (χ4n) is 6.54. The number of rotatable bonds is 2. The van der Waals surface area contributed by atoms with Crippen LogP contribution in [0.3, 0.4) is 0 Å². The van der Waals surface area contributed by atoms with E-state index >= 15 is 0 Å². The van der Waals surface area contributed by atoms with Gasteiger partial charge in [0.1, 0.15) is 0 Å². The molecule has 0 unspecified atom stereocenters. The summed E-state index contributed by atoms with van der Waals surface area (Å²) in [6.45, 7) is 4.95. The SMILES string of the molecule is CC1(C)CCC[C@@H](NC23CC4CC(CC(C4)C2)C3)C1. The van der Waals surface area contributed by atoms with Gasteiger partial charge in [0.05, 0.1) is 0 Å². The lowest BCUT2D eigenvalue weighted by Crippen LogP contribution is -2.61. The minimum Gasteiger partial charge on any atom is -0.308 e. The second-order valence-electron chi connectivity index (χ2n) is 9.30. The van der Waals surface area contributed by atoms with E-state index in [2.05, 4.69) is 19.2 Å². The molecule has 0 radical (unpaired) electrons. The van der Waals surface area contributed by atoms with Crippen LogP contribution in [0.25, 0.3) is 0 Å². The molecule has 1 N–H and O–H groups in total. The van der Waals surface area contributed by atoms with Crippen LogP contribution in [-0.2, 0) is 0 Å². The molecule has 0 heterocycles. The molecule has 5 aliphatic carbocycles. The topological polar surface area (TPSA) is 12.0 Å². The van der Waals surface area contributed by atoms with Crippen molar-refractivity contribution in [3.63, 3.8) is 0 Å². The molecule has 0 saturated heterocycles. The molecule has 4 bridgehead atoms.